The fraction of sp³-hybridized carbons (Fsp3) is 0.333. The normalized spacial score (nSPS) is 20.0. The zero-order chi connectivity index (χ0) is 8.27. The molecule has 1 aliphatic rings. The summed E-state index contributed by atoms with van der Waals surface area (Å²) in [5.41, 5.74) is 10.6. The van der Waals surface area contributed by atoms with Crippen LogP contribution in [0.3, 0.4) is 0 Å². The average molecular weight is 155 g/mol. The van der Waals surface area contributed by atoms with Crippen LogP contribution < -0.4 is 11.5 Å². The Morgan fingerprint density at radius 1 is 1.64 bits per heavy atom. The Hall–Kier alpha value is -1.52. The molecule has 0 unspecified atom stereocenters. The summed E-state index contributed by atoms with van der Waals surface area (Å²) in [6, 6.07) is 0. The lowest BCUT2D eigenvalue weighted by Gasteiger charge is -1.88. The van der Waals surface area contributed by atoms with E-state index in [0.29, 0.717) is 18.6 Å². The van der Waals surface area contributed by atoms with E-state index in [1.807, 2.05) is 0 Å². The van der Waals surface area contributed by atoms with Crippen molar-refractivity contribution < 1.29 is 9.53 Å². The van der Waals surface area contributed by atoms with Crippen LogP contribution in [0, 0.1) is 0 Å². The molecule has 1 heterocycles. The van der Waals surface area contributed by atoms with Crippen molar-refractivity contribution in [1.29, 1.82) is 0 Å². The SMILES string of the molecule is NC(N)=N/C=C1/CCOC1=O. The standard InChI is InChI=1S/C6H9N3O2/c7-6(8)9-3-4-1-2-11-5(4)10/h3H,1-2H2,(H4,7,8,9)/b4-3-. The maximum atomic E-state index is 10.7. The molecule has 0 saturated carbocycles. The Balaban J connectivity index is 2.66. The van der Waals surface area contributed by atoms with Gasteiger partial charge >= 0.3 is 5.97 Å². The quantitative estimate of drug-likeness (QED) is 0.222. The molecule has 0 spiro atoms. The molecule has 1 fully saturated rings. The topological polar surface area (TPSA) is 90.7 Å². The minimum atomic E-state index is -0.338. The predicted octanol–water partition coefficient (Wildman–Crippen LogP) is -0.909. The van der Waals surface area contributed by atoms with Gasteiger partial charge in [0.1, 0.15) is 0 Å². The molecular weight excluding hydrogens is 146 g/mol. The van der Waals surface area contributed by atoms with Crippen molar-refractivity contribution in [3.8, 4) is 0 Å². The van der Waals surface area contributed by atoms with Crippen LogP contribution in [0.2, 0.25) is 0 Å². The van der Waals surface area contributed by atoms with E-state index in [1.54, 1.807) is 0 Å². The van der Waals surface area contributed by atoms with E-state index in [2.05, 4.69) is 9.73 Å². The zero-order valence-electron chi connectivity index (χ0n) is 5.91. The third kappa shape index (κ3) is 1.96. The molecule has 4 N–H and O–H groups in total. The van der Waals surface area contributed by atoms with Crippen LogP contribution in [0.25, 0.3) is 0 Å². The molecular formula is C6H9N3O2. The molecule has 1 saturated heterocycles. The van der Waals surface area contributed by atoms with Crippen molar-refractivity contribution in [2.75, 3.05) is 6.61 Å². The largest absolute Gasteiger partial charge is 0.462 e. The number of nitrogens with zero attached hydrogens (tertiary/aromatic N) is 1. The van der Waals surface area contributed by atoms with E-state index in [4.69, 9.17) is 11.5 Å². The summed E-state index contributed by atoms with van der Waals surface area (Å²) in [4.78, 5) is 14.3. The van der Waals surface area contributed by atoms with Crippen molar-refractivity contribution in [3.63, 3.8) is 0 Å². The fourth-order valence-corrected chi connectivity index (χ4v) is 0.718. The van der Waals surface area contributed by atoms with Crippen LogP contribution in [0.1, 0.15) is 6.42 Å². The number of guanidine groups is 1. The van der Waals surface area contributed by atoms with Crippen LogP contribution in [0.5, 0.6) is 0 Å². The number of hydrogen-bond donors (Lipinski definition) is 2. The van der Waals surface area contributed by atoms with Crippen molar-refractivity contribution in [2.45, 2.75) is 6.42 Å². The number of ether oxygens (including phenoxy) is 1. The number of carbonyl (C=O) groups is 1. The summed E-state index contributed by atoms with van der Waals surface area (Å²) in [5, 5.41) is 0. The van der Waals surface area contributed by atoms with Crippen molar-refractivity contribution in [1.82, 2.24) is 0 Å². The maximum absolute atomic E-state index is 10.7. The number of hydrogen-bond acceptors (Lipinski definition) is 3. The first-order valence-corrected chi connectivity index (χ1v) is 3.15. The summed E-state index contributed by atoms with van der Waals surface area (Å²) in [6.45, 7) is 0.421. The van der Waals surface area contributed by atoms with Gasteiger partial charge < -0.3 is 16.2 Å². The highest BCUT2D eigenvalue weighted by atomic mass is 16.5. The van der Waals surface area contributed by atoms with Crippen LogP contribution in [0.15, 0.2) is 16.8 Å². The first-order chi connectivity index (χ1) is 5.20. The summed E-state index contributed by atoms with van der Waals surface area (Å²) >= 11 is 0. The van der Waals surface area contributed by atoms with Crippen LogP contribution in [-0.2, 0) is 9.53 Å². The van der Waals surface area contributed by atoms with Crippen molar-refractivity contribution >= 4 is 11.9 Å². The Kier molecular flexibility index (Phi) is 2.10. The molecule has 0 aromatic carbocycles. The van der Waals surface area contributed by atoms with Crippen LogP contribution in [0.4, 0.5) is 0 Å². The monoisotopic (exact) mass is 155 g/mol. The van der Waals surface area contributed by atoms with Crippen molar-refractivity contribution in [2.24, 2.45) is 16.5 Å². The Labute approximate surface area is 63.7 Å². The number of cyclic esters (lactones) is 1. The second kappa shape index (κ2) is 3.05. The molecule has 0 aliphatic carbocycles. The van der Waals surface area contributed by atoms with E-state index in [9.17, 15) is 4.79 Å². The smallest absolute Gasteiger partial charge is 0.335 e. The maximum Gasteiger partial charge on any atom is 0.335 e. The van der Waals surface area contributed by atoms with E-state index < -0.39 is 0 Å². The lowest BCUT2D eigenvalue weighted by molar-refractivity contribution is -0.135. The molecule has 1 rings (SSSR count). The van der Waals surface area contributed by atoms with E-state index >= 15 is 0 Å². The van der Waals surface area contributed by atoms with Gasteiger partial charge in [0.2, 0.25) is 0 Å². The fourth-order valence-electron chi connectivity index (χ4n) is 0.718. The first kappa shape index (κ1) is 7.59. The highest BCUT2D eigenvalue weighted by molar-refractivity contribution is 5.90. The third-order valence-electron chi connectivity index (χ3n) is 1.24. The van der Waals surface area contributed by atoms with Gasteiger partial charge in [-0.1, -0.05) is 0 Å². The van der Waals surface area contributed by atoms with Crippen LogP contribution in [-0.4, -0.2) is 18.5 Å². The average Bonchev–Trinajstić information content (AvgIpc) is 2.31. The molecule has 60 valence electrons. The van der Waals surface area contributed by atoms with Gasteiger partial charge in [-0.05, 0) is 0 Å². The predicted molar refractivity (Wildman–Crippen MR) is 39.5 cm³/mol. The minimum Gasteiger partial charge on any atom is -0.462 e. The number of nitrogens with two attached hydrogens (primary N) is 2. The van der Waals surface area contributed by atoms with Crippen molar-refractivity contribution in [3.05, 3.63) is 11.8 Å². The first-order valence-electron chi connectivity index (χ1n) is 3.15. The molecule has 0 amide bonds. The third-order valence-corrected chi connectivity index (χ3v) is 1.24. The number of esters is 1. The van der Waals surface area contributed by atoms with Gasteiger partial charge in [0.25, 0.3) is 0 Å². The molecule has 0 radical (unpaired) electrons. The lowest BCUT2D eigenvalue weighted by Crippen LogP contribution is -2.21. The number of carbonyl (C=O) groups excluding carboxylic acids is 1. The van der Waals surface area contributed by atoms with Gasteiger partial charge in [-0.3, -0.25) is 0 Å². The molecule has 1 aliphatic heterocycles. The Bertz CT molecular complexity index is 228. The molecule has 0 aromatic heterocycles. The number of aliphatic imine (C=N–C) groups is 1. The number of rotatable bonds is 1. The van der Waals surface area contributed by atoms with Gasteiger partial charge in [0.05, 0.1) is 12.2 Å². The van der Waals surface area contributed by atoms with E-state index in [0.717, 1.165) is 0 Å². The highest BCUT2D eigenvalue weighted by Crippen LogP contribution is 2.12. The van der Waals surface area contributed by atoms with E-state index in [1.165, 1.54) is 6.20 Å². The molecule has 11 heavy (non-hydrogen) atoms. The molecule has 0 aromatic rings. The van der Waals surface area contributed by atoms with Crippen LogP contribution >= 0.6 is 0 Å². The molecule has 5 heteroatoms. The molecule has 5 nitrogen and oxygen atoms in total. The second-order valence-corrected chi connectivity index (χ2v) is 2.09. The summed E-state index contributed by atoms with van der Waals surface area (Å²) in [7, 11) is 0. The van der Waals surface area contributed by atoms with Gasteiger partial charge in [-0.15, -0.1) is 0 Å². The highest BCUT2D eigenvalue weighted by Gasteiger charge is 2.17. The second-order valence-electron chi connectivity index (χ2n) is 2.09. The Morgan fingerprint density at radius 3 is 2.82 bits per heavy atom. The lowest BCUT2D eigenvalue weighted by atomic mass is 10.2. The van der Waals surface area contributed by atoms with Gasteiger partial charge in [-0.2, -0.15) is 0 Å². The zero-order valence-corrected chi connectivity index (χ0v) is 5.91. The van der Waals surface area contributed by atoms with Gasteiger partial charge in [0.15, 0.2) is 5.96 Å². The summed E-state index contributed by atoms with van der Waals surface area (Å²) in [6.07, 6.45) is 1.92. The van der Waals surface area contributed by atoms with Gasteiger partial charge in [0, 0.05) is 12.6 Å². The molecule has 0 atom stereocenters. The summed E-state index contributed by atoms with van der Waals surface area (Å²) in [5.74, 6) is -0.396. The Morgan fingerprint density at radius 2 is 2.36 bits per heavy atom. The van der Waals surface area contributed by atoms with E-state index in [-0.39, 0.29) is 11.9 Å². The minimum absolute atomic E-state index is 0.0581. The van der Waals surface area contributed by atoms with Gasteiger partial charge in [-0.25, -0.2) is 9.79 Å². The summed E-state index contributed by atoms with van der Waals surface area (Å²) < 4.78 is 4.64. The molecule has 0 bridgehead atoms.